The molecule has 0 aliphatic carbocycles. The van der Waals surface area contributed by atoms with Gasteiger partial charge >= 0.3 is 6.18 Å². The predicted octanol–water partition coefficient (Wildman–Crippen LogP) is 5.21. The Morgan fingerprint density at radius 2 is 1.79 bits per heavy atom. The minimum atomic E-state index is -4.52. The van der Waals surface area contributed by atoms with Gasteiger partial charge in [-0.05, 0) is 54.4 Å². The van der Waals surface area contributed by atoms with E-state index >= 15 is 0 Å². The topological polar surface area (TPSA) is 71.1 Å². The van der Waals surface area contributed by atoms with Gasteiger partial charge in [-0.2, -0.15) is 13.2 Å². The van der Waals surface area contributed by atoms with Crippen LogP contribution in [0.4, 0.5) is 27.6 Å². The SMILES string of the molecule is CC[C@@H](OCc1cc(F)cc(/C(=C/C(=N)N)Nc2ccc(F)cc2)c1)C(F)(F)F. The highest BCUT2D eigenvalue weighted by Gasteiger charge is 2.39. The third-order valence-corrected chi connectivity index (χ3v) is 3.88. The lowest BCUT2D eigenvalue weighted by molar-refractivity contribution is -0.224. The van der Waals surface area contributed by atoms with Crippen LogP contribution >= 0.6 is 0 Å². The number of amidine groups is 1. The first-order valence-electron chi connectivity index (χ1n) is 8.65. The number of benzene rings is 2. The van der Waals surface area contributed by atoms with Crippen LogP contribution in [0.25, 0.3) is 5.70 Å². The Balaban J connectivity index is 2.29. The van der Waals surface area contributed by atoms with E-state index in [0.29, 0.717) is 5.69 Å². The Labute approximate surface area is 164 Å². The van der Waals surface area contributed by atoms with Crippen molar-refractivity contribution < 1.29 is 26.7 Å². The number of nitrogens with one attached hydrogen (secondary N) is 2. The van der Waals surface area contributed by atoms with Gasteiger partial charge in [-0.1, -0.05) is 6.92 Å². The summed E-state index contributed by atoms with van der Waals surface area (Å²) >= 11 is 0. The molecule has 2 aromatic carbocycles. The molecular formula is C20H20F5N3O. The molecule has 0 aromatic heterocycles. The van der Waals surface area contributed by atoms with Gasteiger partial charge in [-0.15, -0.1) is 0 Å². The van der Waals surface area contributed by atoms with Gasteiger partial charge in [0.25, 0.3) is 0 Å². The third-order valence-electron chi connectivity index (χ3n) is 3.88. The molecule has 0 radical (unpaired) electrons. The van der Waals surface area contributed by atoms with Gasteiger partial charge < -0.3 is 15.8 Å². The minimum absolute atomic E-state index is 0.179. The van der Waals surface area contributed by atoms with E-state index in [1.165, 1.54) is 43.3 Å². The summed E-state index contributed by atoms with van der Waals surface area (Å²) in [5, 5.41) is 10.4. The van der Waals surface area contributed by atoms with Crippen LogP contribution in [-0.4, -0.2) is 18.1 Å². The van der Waals surface area contributed by atoms with E-state index in [2.05, 4.69) is 5.32 Å². The number of ether oxygens (including phenoxy) is 1. The second-order valence-corrected chi connectivity index (χ2v) is 6.24. The first-order valence-corrected chi connectivity index (χ1v) is 8.65. The number of rotatable bonds is 8. The van der Waals surface area contributed by atoms with Crippen LogP contribution in [0.2, 0.25) is 0 Å². The van der Waals surface area contributed by atoms with Gasteiger partial charge in [-0.25, -0.2) is 8.78 Å². The summed E-state index contributed by atoms with van der Waals surface area (Å²) in [7, 11) is 0. The molecule has 29 heavy (non-hydrogen) atoms. The van der Waals surface area contributed by atoms with Gasteiger partial charge in [0.1, 0.15) is 17.5 Å². The maximum absolute atomic E-state index is 14.1. The second kappa shape index (κ2) is 9.51. The van der Waals surface area contributed by atoms with Gasteiger partial charge in [0, 0.05) is 23.0 Å². The Morgan fingerprint density at radius 3 is 2.34 bits per heavy atom. The summed E-state index contributed by atoms with van der Waals surface area (Å²) in [6.07, 6.45) is -5.53. The van der Waals surface area contributed by atoms with Crippen LogP contribution in [0.3, 0.4) is 0 Å². The summed E-state index contributed by atoms with van der Waals surface area (Å²) in [6, 6.07) is 8.91. The largest absolute Gasteiger partial charge is 0.414 e. The summed E-state index contributed by atoms with van der Waals surface area (Å²) in [5.41, 5.74) is 6.49. The Hall–Kier alpha value is -2.94. The van der Waals surface area contributed by atoms with Crippen molar-refractivity contribution in [3.8, 4) is 0 Å². The maximum Gasteiger partial charge on any atom is 0.414 e. The smallest absolute Gasteiger partial charge is 0.384 e. The zero-order valence-corrected chi connectivity index (χ0v) is 15.5. The van der Waals surface area contributed by atoms with E-state index < -0.39 is 30.5 Å². The molecule has 0 aliphatic heterocycles. The van der Waals surface area contributed by atoms with Gasteiger partial charge in [0.05, 0.1) is 6.61 Å². The first kappa shape index (κ1) is 22.4. The molecule has 0 bridgehead atoms. The van der Waals surface area contributed by atoms with Crippen LogP contribution in [0.5, 0.6) is 0 Å². The standard InChI is InChI=1S/C20H20F5N3O/c1-2-18(20(23,24)25)29-11-12-7-13(9-15(22)8-12)17(10-19(26)27)28-16-5-3-14(21)4-6-16/h3-10,18,28H,2,11H2,1H3,(H3,26,27)/b17-10-/t18-/m1/s1. The molecule has 0 saturated carbocycles. The number of halogens is 5. The van der Waals surface area contributed by atoms with Gasteiger partial charge in [0.15, 0.2) is 6.10 Å². The normalized spacial score (nSPS) is 13.2. The van der Waals surface area contributed by atoms with E-state index in [0.717, 1.165) is 12.1 Å². The molecule has 0 saturated heterocycles. The fourth-order valence-corrected chi connectivity index (χ4v) is 2.57. The monoisotopic (exact) mass is 413 g/mol. The average molecular weight is 413 g/mol. The molecule has 0 amide bonds. The van der Waals surface area contributed by atoms with E-state index in [-0.39, 0.29) is 29.1 Å². The number of hydrogen-bond acceptors (Lipinski definition) is 3. The van der Waals surface area contributed by atoms with Crippen molar-refractivity contribution in [2.75, 3.05) is 5.32 Å². The van der Waals surface area contributed by atoms with E-state index in [4.69, 9.17) is 15.9 Å². The average Bonchev–Trinajstić information content (AvgIpc) is 2.61. The lowest BCUT2D eigenvalue weighted by Gasteiger charge is -2.19. The molecule has 0 fully saturated rings. The van der Waals surface area contributed by atoms with E-state index in [1.807, 2.05) is 0 Å². The fraction of sp³-hybridized carbons (Fsp3) is 0.250. The molecule has 2 rings (SSSR count). The molecule has 0 unspecified atom stereocenters. The van der Waals surface area contributed by atoms with Crippen molar-refractivity contribution >= 4 is 17.2 Å². The molecule has 0 spiro atoms. The number of hydrogen-bond donors (Lipinski definition) is 3. The van der Waals surface area contributed by atoms with Crippen LogP contribution < -0.4 is 11.1 Å². The highest BCUT2D eigenvalue weighted by molar-refractivity contribution is 5.98. The number of alkyl halides is 3. The number of anilines is 1. The van der Waals surface area contributed by atoms with E-state index in [9.17, 15) is 22.0 Å². The lowest BCUT2D eigenvalue weighted by Crippen LogP contribution is -2.30. The molecule has 1 atom stereocenters. The molecule has 9 heteroatoms. The summed E-state index contributed by atoms with van der Waals surface area (Å²) < 4.78 is 70.6. The molecule has 0 aliphatic rings. The van der Waals surface area contributed by atoms with Crippen LogP contribution in [0, 0.1) is 17.0 Å². The van der Waals surface area contributed by atoms with Crippen molar-refractivity contribution in [3.63, 3.8) is 0 Å². The third kappa shape index (κ3) is 6.86. The quantitative estimate of drug-likeness (QED) is 0.316. The highest BCUT2D eigenvalue weighted by Crippen LogP contribution is 2.27. The first-order chi connectivity index (χ1) is 13.6. The fourth-order valence-electron chi connectivity index (χ4n) is 2.57. The predicted molar refractivity (Wildman–Crippen MR) is 101 cm³/mol. The molecule has 2 aromatic rings. The van der Waals surface area contributed by atoms with Crippen LogP contribution in [0.1, 0.15) is 24.5 Å². The van der Waals surface area contributed by atoms with Crippen molar-refractivity contribution in [2.45, 2.75) is 32.2 Å². The molecule has 4 N–H and O–H groups in total. The summed E-state index contributed by atoms with van der Waals surface area (Å²) in [4.78, 5) is 0. The molecule has 0 heterocycles. The Morgan fingerprint density at radius 1 is 1.14 bits per heavy atom. The van der Waals surface area contributed by atoms with Crippen LogP contribution in [-0.2, 0) is 11.3 Å². The highest BCUT2D eigenvalue weighted by atomic mass is 19.4. The van der Waals surface area contributed by atoms with Crippen LogP contribution in [0.15, 0.2) is 48.5 Å². The van der Waals surface area contributed by atoms with E-state index in [1.54, 1.807) is 0 Å². The zero-order valence-electron chi connectivity index (χ0n) is 15.5. The molecule has 4 nitrogen and oxygen atoms in total. The summed E-state index contributed by atoms with van der Waals surface area (Å²) in [6.45, 7) is 0.891. The summed E-state index contributed by atoms with van der Waals surface area (Å²) in [5.74, 6) is -1.48. The second-order valence-electron chi connectivity index (χ2n) is 6.24. The Kier molecular flexibility index (Phi) is 7.33. The van der Waals surface area contributed by atoms with Crippen molar-refractivity contribution in [3.05, 3.63) is 71.3 Å². The lowest BCUT2D eigenvalue weighted by atomic mass is 10.1. The molecule has 156 valence electrons. The molecular weight excluding hydrogens is 393 g/mol. The van der Waals surface area contributed by atoms with Crippen molar-refractivity contribution in [1.82, 2.24) is 0 Å². The minimum Gasteiger partial charge on any atom is -0.384 e. The Bertz CT molecular complexity index is 879. The van der Waals surface area contributed by atoms with Gasteiger partial charge in [0.2, 0.25) is 0 Å². The van der Waals surface area contributed by atoms with Gasteiger partial charge in [-0.3, -0.25) is 5.41 Å². The zero-order chi connectivity index (χ0) is 21.6. The van der Waals surface area contributed by atoms with Crippen molar-refractivity contribution in [1.29, 1.82) is 5.41 Å². The number of nitrogens with two attached hydrogens (primary N) is 1. The van der Waals surface area contributed by atoms with Crippen molar-refractivity contribution in [2.24, 2.45) is 5.73 Å². The maximum atomic E-state index is 14.1.